The minimum atomic E-state index is -0.237. The van der Waals surface area contributed by atoms with Crippen molar-refractivity contribution in [2.75, 3.05) is 11.9 Å². The fourth-order valence-corrected chi connectivity index (χ4v) is 2.88. The average molecular weight is 457 g/mol. The highest BCUT2D eigenvalue weighted by Gasteiger charge is 2.09. The molecule has 0 aliphatic heterocycles. The predicted molar refractivity (Wildman–Crippen MR) is 110 cm³/mol. The zero-order chi connectivity index (χ0) is 18.4. The Hall–Kier alpha value is -2.67. The second kappa shape index (κ2) is 8.62. The van der Waals surface area contributed by atoms with Crippen LogP contribution in [0.4, 0.5) is 5.69 Å². The summed E-state index contributed by atoms with van der Waals surface area (Å²) in [4.78, 5) is 24.4. The first-order valence-corrected chi connectivity index (χ1v) is 9.08. The molecule has 0 atom stereocenters. The van der Waals surface area contributed by atoms with Crippen LogP contribution in [0.25, 0.3) is 0 Å². The van der Waals surface area contributed by atoms with Gasteiger partial charge in [-0.3, -0.25) is 9.59 Å². The molecule has 4 nitrogen and oxygen atoms in total. The molecule has 1 amide bonds. The van der Waals surface area contributed by atoms with Gasteiger partial charge < -0.3 is 10.1 Å². The molecule has 3 aromatic rings. The van der Waals surface area contributed by atoms with E-state index in [1.165, 1.54) is 0 Å². The Morgan fingerprint density at radius 3 is 2.12 bits per heavy atom. The number of nitrogens with one attached hydrogen (secondary N) is 1. The number of anilines is 1. The fourth-order valence-electron chi connectivity index (χ4n) is 2.36. The van der Waals surface area contributed by atoms with E-state index in [9.17, 15) is 9.59 Å². The lowest BCUT2D eigenvalue weighted by atomic mass is 10.0. The predicted octanol–water partition coefficient (Wildman–Crippen LogP) is 4.54. The molecule has 0 unspecified atom stereocenters. The van der Waals surface area contributed by atoms with E-state index in [0.717, 1.165) is 9.26 Å². The number of carbonyl (C=O) groups is 2. The van der Waals surface area contributed by atoms with Gasteiger partial charge in [0.15, 0.2) is 12.4 Å². The molecule has 5 heteroatoms. The van der Waals surface area contributed by atoms with E-state index in [1.807, 2.05) is 42.5 Å². The van der Waals surface area contributed by atoms with Crippen molar-refractivity contribution in [1.82, 2.24) is 0 Å². The maximum absolute atomic E-state index is 12.4. The van der Waals surface area contributed by atoms with Gasteiger partial charge in [-0.1, -0.05) is 42.5 Å². The molecule has 0 bridgehead atoms. The van der Waals surface area contributed by atoms with Gasteiger partial charge >= 0.3 is 0 Å². The molecule has 0 aromatic heterocycles. The van der Waals surface area contributed by atoms with Gasteiger partial charge in [-0.25, -0.2) is 0 Å². The zero-order valence-electron chi connectivity index (χ0n) is 13.8. The van der Waals surface area contributed by atoms with Crippen LogP contribution in [-0.4, -0.2) is 18.3 Å². The number of hydrogen-bond acceptors (Lipinski definition) is 3. The summed E-state index contributed by atoms with van der Waals surface area (Å²) in [7, 11) is 0. The first-order chi connectivity index (χ1) is 12.6. The first kappa shape index (κ1) is 18.1. The Balaban J connectivity index is 1.57. The normalized spacial score (nSPS) is 10.2. The van der Waals surface area contributed by atoms with Gasteiger partial charge in [-0.15, -0.1) is 0 Å². The second-order valence-corrected chi connectivity index (χ2v) is 6.70. The van der Waals surface area contributed by atoms with Crippen molar-refractivity contribution in [1.29, 1.82) is 0 Å². The van der Waals surface area contributed by atoms with Crippen LogP contribution in [0.1, 0.15) is 15.9 Å². The van der Waals surface area contributed by atoms with E-state index in [4.69, 9.17) is 4.74 Å². The van der Waals surface area contributed by atoms with Crippen LogP contribution >= 0.6 is 22.6 Å². The van der Waals surface area contributed by atoms with Crippen LogP contribution in [-0.2, 0) is 4.79 Å². The molecule has 0 aliphatic carbocycles. The summed E-state index contributed by atoms with van der Waals surface area (Å²) < 4.78 is 6.45. The molecule has 1 N–H and O–H groups in total. The number of benzene rings is 3. The SMILES string of the molecule is O=C(COc1ccc(C(=O)c2ccccc2)cc1)Nc1ccccc1I. The van der Waals surface area contributed by atoms with Gasteiger partial charge in [-0.05, 0) is 59.0 Å². The molecule has 0 saturated carbocycles. The fraction of sp³-hybridized carbons (Fsp3) is 0.0476. The molecule has 0 radical (unpaired) electrons. The number of hydrogen-bond donors (Lipinski definition) is 1. The Bertz CT molecular complexity index is 908. The number of rotatable bonds is 6. The number of ketones is 1. The number of carbonyl (C=O) groups excluding carboxylic acids is 2. The van der Waals surface area contributed by atoms with Crippen molar-refractivity contribution in [2.24, 2.45) is 0 Å². The van der Waals surface area contributed by atoms with E-state index in [1.54, 1.807) is 36.4 Å². The summed E-state index contributed by atoms with van der Waals surface area (Å²) >= 11 is 2.16. The summed E-state index contributed by atoms with van der Waals surface area (Å²) in [5.41, 5.74) is 1.97. The van der Waals surface area contributed by atoms with E-state index in [0.29, 0.717) is 16.9 Å². The molecular weight excluding hydrogens is 441 g/mol. The van der Waals surface area contributed by atoms with Crippen molar-refractivity contribution < 1.29 is 14.3 Å². The number of ether oxygens (including phenoxy) is 1. The van der Waals surface area contributed by atoms with Crippen LogP contribution in [0.3, 0.4) is 0 Å². The Morgan fingerprint density at radius 1 is 0.808 bits per heavy atom. The monoisotopic (exact) mass is 457 g/mol. The van der Waals surface area contributed by atoms with Crippen molar-refractivity contribution >= 4 is 40.0 Å². The third-order valence-corrected chi connectivity index (χ3v) is 4.61. The largest absolute Gasteiger partial charge is 0.484 e. The van der Waals surface area contributed by atoms with Crippen molar-refractivity contribution in [3.05, 3.63) is 93.6 Å². The van der Waals surface area contributed by atoms with Crippen LogP contribution in [0, 0.1) is 3.57 Å². The number of amides is 1. The van der Waals surface area contributed by atoms with Crippen molar-refractivity contribution in [3.63, 3.8) is 0 Å². The van der Waals surface area contributed by atoms with Gasteiger partial charge in [-0.2, -0.15) is 0 Å². The third kappa shape index (κ3) is 4.70. The van der Waals surface area contributed by atoms with Gasteiger partial charge in [0.25, 0.3) is 5.91 Å². The standard InChI is InChI=1S/C21H16INO3/c22-18-8-4-5-9-19(18)23-20(24)14-26-17-12-10-16(11-13-17)21(25)15-6-2-1-3-7-15/h1-13H,14H2,(H,23,24). The quantitative estimate of drug-likeness (QED) is 0.437. The van der Waals surface area contributed by atoms with E-state index in [-0.39, 0.29) is 18.3 Å². The highest BCUT2D eigenvalue weighted by atomic mass is 127. The zero-order valence-corrected chi connectivity index (χ0v) is 16.0. The first-order valence-electron chi connectivity index (χ1n) is 8.00. The maximum atomic E-state index is 12.4. The molecule has 0 aliphatic rings. The molecule has 0 saturated heterocycles. The van der Waals surface area contributed by atoms with Crippen LogP contribution in [0.5, 0.6) is 5.75 Å². The second-order valence-electron chi connectivity index (χ2n) is 5.54. The number of halogens is 1. The highest BCUT2D eigenvalue weighted by molar-refractivity contribution is 14.1. The van der Waals surface area contributed by atoms with E-state index in [2.05, 4.69) is 27.9 Å². The molecular formula is C21H16INO3. The van der Waals surface area contributed by atoms with Crippen LogP contribution in [0.2, 0.25) is 0 Å². The molecule has 26 heavy (non-hydrogen) atoms. The summed E-state index contributed by atoms with van der Waals surface area (Å²) in [5, 5.41) is 2.81. The summed E-state index contributed by atoms with van der Waals surface area (Å²) in [6.07, 6.45) is 0. The minimum Gasteiger partial charge on any atom is -0.484 e. The summed E-state index contributed by atoms with van der Waals surface area (Å²) in [5.74, 6) is 0.250. The third-order valence-electron chi connectivity index (χ3n) is 3.67. The summed E-state index contributed by atoms with van der Waals surface area (Å²) in [6.45, 7) is -0.100. The van der Waals surface area contributed by atoms with Crippen LogP contribution in [0.15, 0.2) is 78.9 Å². The number of para-hydroxylation sites is 1. The van der Waals surface area contributed by atoms with E-state index < -0.39 is 0 Å². The van der Waals surface area contributed by atoms with Gasteiger partial charge in [0, 0.05) is 14.7 Å². The lowest BCUT2D eigenvalue weighted by Crippen LogP contribution is -2.20. The topological polar surface area (TPSA) is 55.4 Å². The molecule has 130 valence electrons. The van der Waals surface area contributed by atoms with Gasteiger partial charge in [0.1, 0.15) is 5.75 Å². The average Bonchev–Trinajstić information content (AvgIpc) is 2.69. The minimum absolute atomic E-state index is 0.0476. The molecule has 0 heterocycles. The Kier molecular flexibility index (Phi) is 6.01. The van der Waals surface area contributed by atoms with Crippen LogP contribution < -0.4 is 10.1 Å². The lowest BCUT2D eigenvalue weighted by molar-refractivity contribution is -0.118. The maximum Gasteiger partial charge on any atom is 0.262 e. The van der Waals surface area contributed by atoms with Gasteiger partial charge in [0.05, 0.1) is 5.69 Å². The van der Waals surface area contributed by atoms with E-state index >= 15 is 0 Å². The highest BCUT2D eigenvalue weighted by Crippen LogP contribution is 2.18. The smallest absolute Gasteiger partial charge is 0.262 e. The summed E-state index contributed by atoms with van der Waals surface area (Å²) in [6, 6.07) is 23.4. The Labute approximate surface area is 165 Å². The van der Waals surface area contributed by atoms with Crippen molar-refractivity contribution in [2.45, 2.75) is 0 Å². The lowest BCUT2D eigenvalue weighted by Gasteiger charge is -2.09. The molecule has 3 rings (SSSR count). The van der Waals surface area contributed by atoms with Crippen molar-refractivity contribution in [3.8, 4) is 5.75 Å². The van der Waals surface area contributed by atoms with Gasteiger partial charge in [0.2, 0.25) is 0 Å². The molecule has 0 fully saturated rings. The molecule has 0 spiro atoms. The Morgan fingerprint density at radius 2 is 1.42 bits per heavy atom. The molecule has 3 aromatic carbocycles.